The molecule has 0 fully saturated rings. The van der Waals surface area contributed by atoms with Crippen LogP contribution in [0.3, 0.4) is 0 Å². The van der Waals surface area contributed by atoms with Gasteiger partial charge in [0, 0.05) is 6.54 Å². The summed E-state index contributed by atoms with van der Waals surface area (Å²) in [7, 11) is 2.66. The standard InChI is InChI=1S/C30H34F3NO5/c1-5-6-7-20(2)22-10-8-21(9-11-22)19-34(28(35)29(36)38-4)26-18-24(14-17-27(26)37-3)23-12-15-25(16-13-23)39-30(31,32)33/h8-18,20,28,35H,5-7,19H2,1-4H3/t20-,28?/m1/s1. The molecule has 210 valence electrons. The Labute approximate surface area is 226 Å². The van der Waals surface area contributed by atoms with Crippen LogP contribution in [0.5, 0.6) is 11.5 Å². The number of carbonyl (C=O) groups excluding carboxylic acids is 1. The second-order valence-electron chi connectivity index (χ2n) is 9.27. The van der Waals surface area contributed by atoms with Crippen LogP contribution in [-0.2, 0) is 16.1 Å². The highest BCUT2D eigenvalue weighted by Crippen LogP contribution is 2.36. The molecule has 3 rings (SSSR count). The van der Waals surface area contributed by atoms with Gasteiger partial charge in [-0.2, -0.15) is 0 Å². The number of aliphatic hydroxyl groups is 1. The summed E-state index contributed by atoms with van der Waals surface area (Å²) in [6, 6.07) is 18.6. The van der Waals surface area contributed by atoms with Crippen molar-refractivity contribution in [2.24, 2.45) is 0 Å². The lowest BCUT2D eigenvalue weighted by molar-refractivity contribution is -0.274. The summed E-state index contributed by atoms with van der Waals surface area (Å²) in [5.41, 5.74) is 3.71. The number of hydrogen-bond donors (Lipinski definition) is 1. The minimum atomic E-state index is -4.79. The molecule has 0 radical (unpaired) electrons. The molecular formula is C30H34F3NO5. The summed E-state index contributed by atoms with van der Waals surface area (Å²) in [5, 5.41) is 10.9. The van der Waals surface area contributed by atoms with Crippen molar-refractivity contribution in [3.8, 4) is 22.6 Å². The molecule has 3 aromatic rings. The highest BCUT2D eigenvalue weighted by atomic mass is 19.4. The first-order valence-electron chi connectivity index (χ1n) is 12.7. The quantitative estimate of drug-likeness (QED) is 0.194. The number of halogens is 3. The summed E-state index contributed by atoms with van der Waals surface area (Å²) in [4.78, 5) is 13.9. The van der Waals surface area contributed by atoms with Crippen molar-refractivity contribution in [2.75, 3.05) is 19.1 Å². The smallest absolute Gasteiger partial charge is 0.495 e. The third-order valence-corrected chi connectivity index (χ3v) is 6.51. The normalized spacial score (nSPS) is 12.9. The van der Waals surface area contributed by atoms with E-state index in [4.69, 9.17) is 9.47 Å². The highest BCUT2D eigenvalue weighted by molar-refractivity contribution is 5.81. The van der Waals surface area contributed by atoms with Crippen LogP contribution in [0.25, 0.3) is 11.1 Å². The molecule has 6 nitrogen and oxygen atoms in total. The molecule has 0 saturated heterocycles. The molecule has 0 spiro atoms. The Morgan fingerprint density at radius 3 is 2.18 bits per heavy atom. The summed E-state index contributed by atoms with van der Waals surface area (Å²) in [6.45, 7) is 4.52. The fraction of sp³-hybridized carbons (Fsp3) is 0.367. The number of nitrogens with zero attached hydrogens (tertiary/aromatic N) is 1. The SMILES string of the molecule is CCCC[C@@H](C)c1ccc(CN(c2cc(-c3ccc(OC(F)(F)F)cc3)ccc2OC)C(O)C(=O)OC)cc1. The van der Waals surface area contributed by atoms with E-state index in [0.29, 0.717) is 28.5 Å². The van der Waals surface area contributed by atoms with E-state index in [1.54, 1.807) is 18.2 Å². The van der Waals surface area contributed by atoms with Crippen LogP contribution in [0.1, 0.15) is 50.2 Å². The molecule has 0 heterocycles. The zero-order chi connectivity index (χ0) is 28.6. The zero-order valence-corrected chi connectivity index (χ0v) is 22.5. The van der Waals surface area contributed by atoms with Crippen LogP contribution in [-0.4, -0.2) is 37.9 Å². The van der Waals surface area contributed by atoms with E-state index in [1.807, 2.05) is 12.1 Å². The van der Waals surface area contributed by atoms with E-state index in [0.717, 1.165) is 24.8 Å². The Hall–Kier alpha value is -3.72. The number of carbonyl (C=O) groups is 1. The Morgan fingerprint density at radius 2 is 1.62 bits per heavy atom. The maximum atomic E-state index is 12.5. The zero-order valence-electron chi connectivity index (χ0n) is 22.5. The summed E-state index contributed by atoms with van der Waals surface area (Å²) in [5.74, 6) is -0.375. The molecule has 9 heteroatoms. The van der Waals surface area contributed by atoms with Crippen LogP contribution in [0.2, 0.25) is 0 Å². The first kappa shape index (κ1) is 29.8. The Morgan fingerprint density at radius 1 is 0.974 bits per heavy atom. The van der Waals surface area contributed by atoms with E-state index in [-0.39, 0.29) is 12.3 Å². The van der Waals surface area contributed by atoms with Gasteiger partial charge in [0.25, 0.3) is 0 Å². The van der Waals surface area contributed by atoms with E-state index in [2.05, 4.69) is 30.7 Å². The third-order valence-electron chi connectivity index (χ3n) is 6.51. The molecule has 0 aliphatic rings. The lowest BCUT2D eigenvalue weighted by Crippen LogP contribution is -2.41. The van der Waals surface area contributed by atoms with Gasteiger partial charge in [-0.15, -0.1) is 13.2 Å². The summed E-state index contributed by atoms with van der Waals surface area (Å²) >= 11 is 0. The van der Waals surface area contributed by atoms with E-state index < -0.39 is 18.6 Å². The Kier molecular flexibility index (Phi) is 10.2. The van der Waals surface area contributed by atoms with Gasteiger partial charge in [0.05, 0.1) is 19.9 Å². The van der Waals surface area contributed by atoms with Gasteiger partial charge >= 0.3 is 12.3 Å². The number of benzene rings is 3. The summed E-state index contributed by atoms with van der Waals surface area (Å²) in [6.07, 6.45) is -3.04. The molecule has 39 heavy (non-hydrogen) atoms. The van der Waals surface area contributed by atoms with Gasteiger partial charge in [-0.1, -0.05) is 69.2 Å². The van der Waals surface area contributed by atoms with Crippen LogP contribution >= 0.6 is 0 Å². The molecule has 0 bridgehead atoms. The fourth-order valence-corrected chi connectivity index (χ4v) is 4.30. The van der Waals surface area contributed by atoms with Crippen molar-refractivity contribution >= 4 is 11.7 Å². The second-order valence-corrected chi connectivity index (χ2v) is 9.27. The number of rotatable bonds is 12. The number of anilines is 1. The average Bonchev–Trinajstić information content (AvgIpc) is 2.93. The van der Waals surface area contributed by atoms with E-state index in [1.165, 1.54) is 48.9 Å². The number of unbranched alkanes of at least 4 members (excludes halogenated alkanes) is 1. The molecule has 1 unspecified atom stereocenters. The largest absolute Gasteiger partial charge is 0.573 e. The third kappa shape index (κ3) is 8.13. The number of aliphatic hydroxyl groups excluding tert-OH is 1. The van der Waals surface area contributed by atoms with Gasteiger partial charge in [-0.25, -0.2) is 4.79 Å². The Bertz CT molecular complexity index is 1210. The molecular weight excluding hydrogens is 511 g/mol. The molecule has 0 aliphatic carbocycles. The predicted octanol–water partition coefficient (Wildman–Crippen LogP) is 7.05. The minimum absolute atomic E-state index is 0.165. The van der Waals surface area contributed by atoms with Crippen molar-refractivity contribution in [1.82, 2.24) is 0 Å². The molecule has 3 aromatic carbocycles. The van der Waals surface area contributed by atoms with Crippen LogP contribution in [0, 0.1) is 0 Å². The highest BCUT2D eigenvalue weighted by Gasteiger charge is 2.31. The second kappa shape index (κ2) is 13.4. The maximum Gasteiger partial charge on any atom is 0.573 e. The Balaban J connectivity index is 1.95. The number of esters is 1. The van der Waals surface area contributed by atoms with Gasteiger partial charge in [-0.05, 0) is 58.9 Å². The van der Waals surface area contributed by atoms with Crippen molar-refractivity contribution in [3.05, 3.63) is 77.9 Å². The first-order valence-corrected chi connectivity index (χ1v) is 12.7. The van der Waals surface area contributed by atoms with Crippen molar-refractivity contribution in [3.63, 3.8) is 0 Å². The van der Waals surface area contributed by atoms with E-state index >= 15 is 0 Å². The topological polar surface area (TPSA) is 68.2 Å². The van der Waals surface area contributed by atoms with Gasteiger partial charge in [0.1, 0.15) is 11.5 Å². The molecule has 2 atom stereocenters. The van der Waals surface area contributed by atoms with Crippen LogP contribution in [0.15, 0.2) is 66.7 Å². The van der Waals surface area contributed by atoms with Crippen molar-refractivity contribution in [2.45, 2.75) is 58.2 Å². The van der Waals surface area contributed by atoms with Crippen molar-refractivity contribution < 1.29 is 37.3 Å². The molecule has 0 aliphatic heterocycles. The fourth-order valence-electron chi connectivity index (χ4n) is 4.30. The minimum Gasteiger partial charge on any atom is -0.495 e. The van der Waals surface area contributed by atoms with Gasteiger partial charge in [0.15, 0.2) is 0 Å². The first-order chi connectivity index (χ1) is 18.6. The van der Waals surface area contributed by atoms with Crippen LogP contribution in [0.4, 0.5) is 18.9 Å². The van der Waals surface area contributed by atoms with E-state index in [9.17, 15) is 23.1 Å². The molecule has 0 amide bonds. The number of ether oxygens (including phenoxy) is 3. The lowest BCUT2D eigenvalue weighted by Gasteiger charge is -2.30. The molecule has 0 saturated carbocycles. The lowest BCUT2D eigenvalue weighted by atomic mass is 9.95. The van der Waals surface area contributed by atoms with Crippen molar-refractivity contribution in [1.29, 1.82) is 0 Å². The number of alkyl halides is 3. The summed E-state index contributed by atoms with van der Waals surface area (Å²) < 4.78 is 51.9. The molecule has 0 aromatic heterocycles. The molecule has 1 N–H and O–H groups in total. The van der Waals surface area contributed by atoms with Gasteiger partial charge in [-0.3, -0.25) is 0 Å². The van der Waals surface area contributed by atoms with Crippen LogP contribution < -0.4 is 14.4 Å². The number of methoxy groups -OCH3 is 2. The monoisotopic (exact) mass is 545 g/mol. The van der Waals surface area contributed by atoms with Gasteiger partial charge in [0.2, 0.25) is 6.23 Å². The average molecular weight is 546 g/mol. The predicted molar refractivity (Wildman–Crippen MR) is 144 cm³/mol. The number of hydrogen-bond acceptors (Lipinski definition) is 6. The van der Waals surface area contributed by atoms with Gasteiger partial charge < -0.3 is 24.2 Å². The maximum absolute atomic E-state index is 12.5.